The van der Waals surface area contributed by atoms with Crippen molar-refractivity contribution in [2.75, 3.05) is 5.33 Å². The molecule has 0 amide bonds. The zero-order valence-electron chi connectivity index (χ0n) is 7.00. The van der Waals surface area contributed by atoms with E-state index in [2.05, 4.69) is 15.9 Å². The first-order chi connectivity index (χ1) is 5.83. The molecule has 0 aromatic carbocycles. The molecule has 0 heterocycles. The van der Waals surface area contributed by atoms with Crippen molar-refractivity contribution < 1.29 is 4.79 Å². The van der Waals surface area contributed by atoms with E-state index in [1.807, 2.05) is 0 Å². The van der Waals surface area contributed by atoms with Crippen molar-refractivity contribution in [3.8, 4) is 0 Å². The van der Waals surface area contributed by atoms with Crippen molar-refractivity contribution in [1.82, 2.24) is 0 Å². The fourth-order valence-electron chi connectivity index (χ4n) is 3.84. The third kappa shape index (κ3) is 0.773. The van der Waals surface area contributed by atoms with Crippen LogP contribution in [0.3, 0.4) is 0 Å². The fraction of sp³-hybridized carbons (Fsp3) is 0.900. The largest absolute Gasteiger partial charge is 0.298 e. The summed E-state index contributed by atoms with van der Waals surface area (Å²) in [4.78, 5) is 11.5. The summed E-state index contributed by atoms with van der Waals surface area (Å²) in [5.41, 5.74) is 0. The minimum absolute atomic E-state index is 0.474. The van der Waals surface area contributed by atoms with Crippen LogP contribution in [-0.2, 0) is 4.79 Å². The third-order valence-corrected chi connectivity index (χ3v) is 4.79. The average molecular weight is 229 g/mol. The Kier molecular flexibility index (Phi) is 1.47. The third-order valence-electron chi connectivity index (χ3n) is 4.24. The predicted molar refractivity (Wildman–Crippen MR) is 50.1 cm³/mol. The van der Waals surface area contributed by atoms with E-state index in [0.717, 1.165) is 23.7 Å². The molecule has 3 saturated carbocycles. The number of hydrogen-bond donors (Lipinski definition) is 0. The zero-order chi connectivity index (χ0) is 8.29. The molecule has 12 heavy (non-hydrogen) atoms. The van der Waals surface area contributed by atoms with Crippen molar-refractivity contribution >= 4 is 21.7 Å². The summed E-state index contributed by atoms with van der Waals surface area (Å²) < 4.78 is 0. The van der Waals surface area contributed by atoms with Gasteiger partial charge in [0.25, 0.3) is 0 Å². The van der Waals surface area contributed by atoms with Gasteiger partial charge in [-0.2, -0.15) is 0 Å². The van der Waals surface area contributed by atoms with Crippen LogP contribution in [0.1, 0.15) is 19.3 Å². The van der Waals surface area contributed by atoms with Crippen molar-refractivity contribution in [1.29, 1.82) is 0 Å². The van der Waals surface area contributed by atoms with Crippen LogP contribution in [0.25, 0.3) is 0 Å². The van der Waals surface area contributed by atoms with E-state index in [0.29, 0.717) is 17.0 Å². The molecule has 4 atom stereocenters. The number of fused-ring (bicyclic) bond motifs is 5. The molecule has 3 aliphatic carbocycles. The first-order valence-electron chi connectivity index (χ1n) is 4.91. The van der Waals surface area contributed by atoms with Gasteiger partial charge in [0, 0.05) is 5.92 Å². The molecule has 66 valence electrons. The highest BCUT2D eigenvalue weighted by Crippen LogP contribution is 2.69. The van der Waals surface area contributed by atoms with Crippen LogP contribution in [-0.4, -0.2) is 11.1 Å². The molecule has 0 N–H and O–H groups in total. The Morgan fingerprint density at radius 1 is 1.25 bits per heavy atom. The molecule has 3 rings (SSSR count). The van der Waals surface area contributed by atoms with E-state index in [1.165, 1.54) is 19.3 Å². The Hall–Kier alpha value is 0.150. The maximum Gasteiger partial charge on any atom is 0.147 e. The molecule has 1 nitrogen and oxygen atoms in total. The van der Waals surface area contributed by atoms with E-state index in [-0.39, 0.29) is 0 Å². The topological polar surface area (TPSA) is 17.1 Å². The SMILES string of the molecule is O=C(CBr)C1C2C3CCC(C3)C12. The quantitative estimate of drug-likeness (QED) is 0.663. The van der Waals surface area contributed by atoms with E-state index in [1.54, 1.807) is 0 Å². The molecular weight excluding hydrogens is 216 g/mol. The van der Waals surface area contributed by atoms with Crippen LogP contribution in [0, 0.1) is 29.6 Å². The number of alkyl halides is 1. The molecule has 4 unspecified atom stereocenters. The molecule has 0 aromatic heterocycles. The molecule has 0 aliphatic heterocycles. The number of Topliss-reactive ketones (excluding diaryl/α,β-unsaturated/α-hetero) is 1. The summed E-state index contributed by atoms with van der Waals surface area (Å²) in [6, 6.07) is 0. The van der Waals surface area contributed by atoms with Gasteiger partial charge in [0.1, 0.15) is 5.78 Å². The van der Waals surface area contributed by atoms with Crippen LogP contribution >= 0.6 is 15.9 Å². The van der Waals surface area contributed by atoms with Gasteiger partial charge in [0.15, 0.2) is 0 Å². The van der Waals surface area contributed by atoms with E-state index < -0.39 is 0 Å². The van der Waals surface area contributed by atoms with Crippen LogP contribution in [0.5, 0.6) is 0 Å². The molecule has 3 aliphatic rings. The second-order valence-corrected chi connectivity index (χ2v) is 5.17. The minimum Gasteiger partial charge on any atom is -0.298 e. The van der Waals surface area contributed by atoms with Gasteiger partial charge in [0.05, 0.1) is 5.33 Å². The van der Waals surface area contributed by atoms with Gasteiger partial charge in [-0.15, -0.1) is 0 Å². The van der Waals surface area contributed by atoms with Crippen LogP contribution in [0.15, 0.2) is 0 Å². The number of halogens is 1. The van der Waals surface area contributed by atoms with Crippen molar-refractivity contribution in [3.05, 3.63) is 0 Å². The molecule has 2 heteroatoms. The number of ketones is 1. The number of hydrogen-bond acceptors (Lipinski definition) is 1. The summed E-state index contributed by atoms with van der Waals surface area (Å²) in [5.74, 6) is 4.49. The van der Waals surface area contributed by atoms with E-state index in [4.69, 9.17) is 0 Å². The summed E-state index contributed by atoms with van der Waals surface area (Å²) in [5, 5.41) is 0.587. The highest BCUT2D eigenvalue weighted by molar-refractivity contribution is 9.09. The second kappa shape index (κ2) is 2.34. The smallest absolute Gasteiger partial charge is 0.147 e. The molecular formula is C10H13BrO. The highest BCUT2D eigenvalue weighted by Gasteiger charge is 2.66. The molecule has 0 saturated heterocycles. The summed E-state index contributed by atoms with van der Waals surface area (Å²) >= 11 is 3.27. The maximum absolute atomic E-state index is 11.5. The lowest BCUT2D eigenvalue weighted by Gasteiger charge is -2.05. The number of carbonyl (C=O) groups is 1. The standard InChI is InChI=1S/C10H13BrO/c11-4-7(12)10-8-5-1-2-6(3-5)9(8)10/h5-6,8-10H,1-4H2. The van der Waals surface area contributed by atoms with E-state index >= 15 is 0 Å². The van der Waals surface area contributed by atoms with Gasteiger partial charge in [-0.1, -0.05) is 15.9 Å². The molecule has 2 bridgehead atoms. The Balaban J connectivity index is 1.78. The molecule has 3 fully saturated rings. The summed E-state index contributed by atoms with van der Waals surface area (Å²) in [6.45, 7) is 0. The minimum atomic E-state index is 0.474. The van der Waals surface area contributed by atoms with Crippen molar-refractivity contribution in [2.24, 2.45) is 29.6 Å². The Bertz CT molecular complexity index is 222. The monoisotopic (exact) mass is 228 g/mol. The van der Waals surface area contributed by atoms with Crippen molar-refractivity contribution in [2.45, 2.75) is 19.3 Å². The van der Waals surface area contributed by atoms with Crippen LogP contribution in [0.2, 0.25) is 0 Å². The fourth-order valence-corrected chi connectivity index (χ4v) is 4.22. The lowest BCUT2D eigenvalue weighted by Crippen LogP contribution is -2.10. The van der Waals surface area contributed by atoms with Gasteiger partial charge < -0.3 is 0 Å². The van der Waals surface area contributed by atoms with Gasteiger partial charge in [-0.3, -0.25) is 4.79 Å². The molecule has 0 spiro atoms. The predicted octanol–water partition coefficient (Wildman–Crippen LogP) is 2.24. The van der Waals surface area contributed by atoms with Gasteiger partial charge in [0.2, 0.25) is 0 Å². The maximum atomic E-state index is 11.5. The van der Waals surface area contributed by atoms with Gasteiger partial charge in [-0.05, 0) is 42.9 Å². The zero-order valence-corrected chi connectivity index (χ0v) is 8.59. The van der Waals surface area contributed by atoms with Gasteiger partial charge in [-0.25, -0.2) is 0 Å². The van der Waals surface area contributed by atoms with Crippen molar-refractivity contribution in [3.63, 3.8) is 0 Å². The van der Waals surface area contributed by atoms with Gasteiger partial charge >= 0.3 is 0 Å². The summed E-state index contributed by atoms with van der Waals surface area (Å²) in [7, 11) is 0. The molecule has 0 aromatic rings. The normalized spacial score (nSPS) is 53.9. The summed E-state index contributed by atoms with van der Waals surface area (Å²) in [6.07, 6.45) is 4.27. The highest BCUT2D eigenvalue weighted by atomic mass is 79.9. The Labute approximate surface area is 81.0 Å². The lowest BCUT2D eigenvalue weighted by molar-refractivity contribution is -0.118. The second-order valence-electron chi connectivity index (χ2n) is 4.61. The van der Waals surface area contributed by atoms with Crippen LogP contribution in [0.4, 0.5) is 0 Å². The Morgan fingerprint density at radius 3 is 2.33 bits per heavy atom. The first-order valence-corrected chi connectivity index (χ1v) is 6.03. The average Bonchev–Trinajstić information content (AvgIpc) is 2.53. The Morgan fingerprint density at radius 2 is 1.83 bits per heavy atom. The number of rotatable bonds is 2. The first kappa shape index (κ1) is 7.54. The van der Waals surface area contributed by atoms with E-state index in [9.17, 15) is 4.79 Å². The number of carbonyl (C=O) groups excluding carboxylic acids is 1. The molecule has 0 radical (unpaired) electrons. The lowest BCUT2D eigenvalue weighted by atomic mass is 10.0. The van der Waals surface area contributed by atoms with Crippen LogP contribution < -0.4 is 0 Å².